The van der Waals surface area contributed by atoms with Gasteiger partial charge in [0.05, 0.1) is 53.7 Å². The van der Waals surface area contributed by atoms with Crippen LogP contribution in [0.15, 0.2) is 0 Å². The van der Waals surface area contributed by atoms with Gasteiger partial charge in [0.25, 0.3) is 0 Å². The number of ketones is 1. The highest BCUT2D eigenvalue weighted by atomic mass is 16.7. The standard InChI is InChI=1S/C40H71NO14/c1-15-27-40(11,48)33(44)22(5)30(43)20(3)18-38(9,47)35(55-37-32(53-28(42)16-2)26(41(12)13)17-21(4)50-37)23(6)31(24(7)36(46)52-27)54-29-19-39(10,49-14)34(45)25(8)51-29/h20-27,29,31-35,37,44-45,47-48H,15-19H2,1-14H3/t20-,21-,22+,23+,24-,25+,26+,27-,29-,31+,32+,33-,34-,35-,37+,38-,39+,40-/m1/s1. The zero-order chi connectivity index (χ0) is 42.0. The van der Waals surface area contributed by atoms with Crippen molar-refractivity contribution < 1.29 is 68.0 Å². The van der Waals surface area contributed by atoms with Crippen molar-refractivity contribution in [2.24, 2.45) is 23.7 Å². The Morgan fingerprint density at radius 2 is 1.51 bits per heavy atom. The van der Waals surface area contributed by atoms with Crippen LogP contribution in [0.5, 0.6) is 0 Å². The molecule has 0 bridgehead atoms. The molecule has 15 heteroatoms. The molecule has 15 nitrogen and oxygen atoms in total. The Kier molecular flexibility index (Phi) is 16.3. The summed E-state index contributed by atoms with van der Waals surface area (Å²) in [6, 6.07) is -0.319. The van der Waals surface area contributed by atoms with Crippen molar-refractivity contribution in [3.05, 3.63) is 0 Å². The molecule has 3 aliphatic heterocycles. The Morgan fingerprint density at radius 1 is 0.891 bits per heavy atom. The summed E-state index contributed by atoms with van der Waals surface area (Å²) in [6.45, 7) is 18.0. The number of likely N-dealkylation sites (N-methyl/N-ethyl adjacent to an activating group) is 1. The third-order valence-electron chi connectivity index (χ3n) is 12.4. The van der Waals surface area contributed by atoms with Crippen LogP contribution in [0.4, 0.5) is 0 Å². The van der Waals surface area contributed by atoms with E-state index in [2.05, 4.69) is 0 Å². The number of cyclic esters (lactones) is 1. The Bertz CT molecular complexity index is 1290. The maximum absolute atomic E-state index is 14.2. The van der Waals surface area contributed by atoms with Gasteiger partial charge >= 0.3 is 11.9 Å². The molecule has 4 N–H and O–H groups in total. The van der Waals surface area contributed by atoms with Crippen LogP contribution in [-0.2, 0) is 47.5 Å². The first-order chi connectivity index (χ1) is 25.4. The molecule has 3 heterocycles. The number of hydrogen-bond donors (Lipinski definition) is 4. The quantitative estimate of drug-likeness (QED) is 0.249. The average molecular weight is 790 g/mol. The summed E-state index contributed by atoms with van der Waals surface area (Å²) in [6.07, 6.45) is -9.68. The molecule has 0 aromatic heterocycles. The monoisotopic (exact) mass is 789 g/mol. The molecule has 18 atom stereocenters. The van der Waals surface area contributed by atoms with E-state index in [1.54, 1.807) is 48.5 Å². The van der Waals surface area contributed by atoms with Gasteiger partial charge in [0, 0.05) is 37.7 Å². The number of methoxy groups -OCH3 is 1. The molecule has 0 unspecified atom stereocenters. The highest BCUT2D eigenvalue weighted by Crippen LogP contribution is 2.41. The van der Waals surface area contributed by atoms with E-state index in [1.807, 2.05) is 25.9 Å². The lowest BCUT2D eigenvalue weighted by Crippen LogP contribution is -2.61. The lowest BCUT2D eigenvalue weighted by Gasteiger charge is -2.49. The van der Waals surface area contributed by atoms with Crippen LogP contribution in [0, 0.1) is 23.7 Å². The predicted molar refractivity (Wildman–Crippen MR) is 200 cm³/mol. The molecule has 320 valence electrons. The Labute approximate surface area is 327 Å². The van der Waals surface area contributed by atoms with Gasteiger partial charge in [-0.2, -0.15) is 0 Å². The van der Waals surface area contributed by atoms with Crippen LogP contribution >= 0.6 is 0 Å². The van der Waals surface area contributed by atoms with Gasteiger partial charge in [0.1, 0.15) is 23.6 Å². The minimum absolute atomic E-state index is 0.0760. The smallest absolute Gasteiger partial charge is 0.311 e. The van der Waals surface area contributed by atoms with Gasteiger partial charge in [-0.05, 0) is 74.9 Å². The molecule has 0 amide bonds. The molecule has 0 aromatic carbocycles. The number of carbonyl (C=O) groups is 3. The number of aliphatic hydroxyl groups excluding tert-OH is 2. The van der Waals surface area contributed by atoms with Gasteiger partial charge in [-0.3, -0.25) is 14.4 Å². The third kappa shape index (κ3) is 10.6. The molecule has 0 saturated carbocycles. The average Bonchev–Trinajstić information content (AvgIpc) is 3.11. The SMILES string of the molecule is CCC(=O)O[C@@H]1[C@H](O[C@@H]2[C@@H](C)[C@H](O[C@@H]3C[C@](C)(OC)[C@H](O)[C@H](C)O3)[C@@H](C)C(=O)O[C@H](CC)[C@@](C)(O)[C@H](O)[C@@H](C)C(=O)[C@H](C)C[C@@]2(C)O)O[C@H](C)C[C@@H]1N(C)C. The summed E-state index contributed by atoms with van der Waals surface area (Å²) in [5.74, 6) is -5.59. The molecule has 0 spiro atoms. The lowest BCUT2D eigenvalue weighted by atomic mass is 9.74. The third-order valence-corrected chi connectivity index (χ3v) is 12.4. The largest absolute Gasteiger partial charge is 0.459 e. The van der Waals surface area contributed by atoms with Gasteiger partial charge in [0.15, 0.2) is 18.7 Å². The number of hydrogen-bond acceptors (Lipinski definition) is 15. The van der Waals surface area contributed by atoms with Crippen molar-refractivity contribution in [1.29, 1.82) is 0 Å². The first kappa shape index (κ1) is 47.6. The minimum atomic E-state index is -2.01. The number of Topliss-reactive ketones (excluding diaryl/α,β-unsaturated/α-hetero) is 1. The summed E-state index contributed by atoms with van der Waals surface area (Å²) < 4.78 is 43.6. The minimum Gasteiger partial charge on any atom is -0.459 e. The van der Waals surface area contributed by atoms with Crippen LogP contribution in [-0.4, -0.2) is 149 Å². The normalized spacial score (nSPS) is 46.9. The highest BCUT2D eigenvalue weighted by Gasteiger charge is 2.54. The second kappa shape index (κ2) is 18.9. The second-order valence-corrected chi connectivity index (χ2v) is 17.3. The number of rotatable bonds is 9. The van der Waals surface area contributed by atoms with E-state index in [9.17, 15) is 34.8 Å². The molecule has 0 aliphatic carbocycles. The summed E-state index contributed by atoms with van der Waals surface area (Å²) in [5.41, 5.74) is -4.92. The Hall–Kier alpha value is -1.79. The van der Waals surface area contributed by atoms with Crippen LogP contribution < -0.4 is 0 Å². The van der Waals surface area contributed by atoms with E-state index in [4.69, 9.17) is 33.2 Å². The molecule has 0 radical (unpaired) electrons. The summed E-state index contributed by atoms with van der Waals surface area (Å²) >= 11 is 0. The van der Waals surface area contributed by atoms with Gasteiger partial charge < -0.3 is 58.5 Å². The molecule has 0 aromatic rings. The fraction of sp³-hybridized carbons (Fsp3) is 0.925. The predicted octanol–water partition coefficient (Wildman–Crippen LogP) is 2.75. The highest BCUT2D eigenvalue weighted by molar-refractivity contribution is 5.83. The summed E-state index contributed by atoms with van der Waals surface area (Å²) in [5, 5.41) is 46.6. The number of ether oxygens (including phenoxy) is 7. The van der Waals surface area contributed by atoms with Crippen LogP contribution in [0.25, 0.3) is 0 Å². The Balaban J connectivity index is 2.24. The molecule has 3 saturated heterocycles. The van der Waals surface area contributed by atoms with Crippen molar-refractivity contribution in [1.82, 2.24) is 4.90 Å². The number of esters is 2. The van der Waals surface area contributed by atoms with Crippen LogP contribution in [0.2, 0.25) is 0 Å². The van der Waals surface area contributed by atoms with Crippen molar-refractivity contribution in [3.8, 4) is 0 Å². The molecule has 3 fully saturated rings. The van der Waals surface area contributed by atoms with Crippen LogP contribution in [0.3, 0.4) is 0 Å². The molecule has 55 heavy (non-hydrogen) atoms. The van der Waals surface area contributed by atoms with E-state index >= 15 is 0 Å². The van der Waals surface area contributed by atoms with Gasteiger partial charge in [0.2, 0.25) is 0 Å². The molecular formula is C40H71NO14. The topological polar surface area (TPSA) is 200 Å². The maximum Gasteiger partial charge on any atom is 0.311 e. The van der Waals surface area contributed by atoms with Crippen molar-refractivity contribution in [3.63, 3.8) is 0 Å². The fourth-order valence-corrected chi connectivity index (χ4v) is 8.76. The van der Waals surface area contributed by atoms with Gasteiger partial charge in [-0.15, -0.1) is 0 Å². The summed E-state index contributed by atoms with van der Waals surface area (Å²) in [7, 11) is 5.21. The first-order valence-corrected chi connectivity index (χ1v) is 19.9. The van der Waals surface area contributed by atoms with E-state index in [0.29, 0.717) is 6.42 Å². The van der Waals surface area contributed by atoms with Crippen LogP contribution in [0.1, 0.15) is 108 Å². The first-order valence-electron chi connectivity index (χ1n) is 19.9. The van der Waals surface area contributed by atoms with E-state index in [0.717, 1.165) is 0 Å². The van der Waals surface area contributed by atoms with Crippen molar-refractivity contribution in [2.45, 2.75) is 193 Å². The number of carbonyl (C=O) groups excluding carboxylic acids is 3. The Morgan fingerprint density at radius 3 is 2.05 bits per heavy atom. The van der Waals surface area contributed by atoms with Gasteiger partial charge in [-0.1, -0.05) is 34.6 Å². The number of aliphatic hydroxyl groups is 4. The number of nitrogens with zero attached hydrogens (tertiary/aromatic N) is 1. The maximum atomic E-state index is 14.2. The second-order valence-electron chi connectivity index (χ2n) is 17.3. The zero-order valence-electron chi connectivity index (χ0n) is 35.5. The molecular weight excluding hydrogens is 718 g/mol. The lowest BCUT2D eigenvalue weighted by molar-refractivity contribution is -0.319. The van der Waals surface area contributed by atoms with E-state index in [-0.39, 0.29) is 37.8 Å². The summed E-state index contributed by atoms with van der Waals surface area (Å²) in [4.78, 5) is 42.9. The molecule has 3 aliphatic rings. The fourth-order valence-electron chi connectivity index (χ4n) is 8.76. The van der Waals surface area contributed by atoms with Gasteiger partial charge in [-0.25, -0.2) is 0 Å². The van der Waals surface area contributed by atoms with Crippen molar-refractivity contribution >= 4 is 17.7 Å². The van der Waals surface area contributed by atoms with E-state index in [1.165, 1.54) is 27.9 Å². The zero-order valence-corrected chi connectivity index (χ0v) is 35.5. The van der Waals surface area contributed by atoms with E-state index < -0.39 is 114 Å². The van der Waals surface area contributed by atoms with Crippen molar-refractivity contribution in [2.75, 3.05) is 21.2 Å². The molecule has 3 rings (SSSR count).